The molecule has 3 heteroatoms. The average molecular weight is 223 g/mol. The van der Waals surface area contributed by atoms with Crippen molar-refractivity contribution in [1.29, 1.82) is 0 Å². The van der Waals surface area contributed by atoms with Crippen LogP contribution in [0.1, 0.15) is 24.9 Å². The Morgan fingerprint density at radius 1 is 1.50 bits per heavy atom. The highest BCUT2D eigenvalue weighted by atomic mass is 16.5. The van der Waals surface area contributed by atoms with Crippen LogP contribution in [0.15, 0.2) is 22.1 Å². The molecular formula is C13H21NO2. The van der Waals surface area contributed by atoms with Gasteiger partial charge < -0.3 is 14.5 Å². The molecule has 0 fully saturated rings. The molecule has 0 bridgehead atoms. The molecule has 3 nitrogen and oxygen atoms in total. The van der Waals surface area contributed by atoms with Crippen LogP contribution in [-0.2, 0) is 4.74 Å². The molecule has 0 aliphatic rings. The van der Waals surface area contributed by atoms with Crippen molar-refractivity contribution in [1.82, 2.24) is 5.32 Å². The summed E-state index contributed by atoms with van der Waals surface area (Å²) in [6.45, 7) is 6.63. The molecule has 1 N–H and O–H groups in total. The van der Waals surface area contributed by atoms with E-state index < -0.39 is 0 Å². The second-order valence-corrected chi connectivity index (χ2v) is 3.77. The smallest absolute Gasteiger partial charge is 0.127 e. The molecule has 0 aromatic carbocycles. The maximum atomic E-state index is 5.51. The monoisotopic (exact) mass is 223 g/mol. The lowest BCUT2D eigenvalue weighted by atomic mass is 10.1. The zero-order valence-electron chi connectivity index (χ0n) is 10.4. The molecule has 0 radical (unpaired) electrons. The predicted octanol–water partition coefficient (Wildman–Crippen LogP) is 2.62. The normalized spacial score (nSPS) is 12.1. The minimum Gasteiger partial charge on any atom is -0.462 e. The first-order chi connectivity index (χ1) is 7.76. The Labute approximate surface area is 97.5 Å². The summed E-state index contributed by atoms with van der Waals surface area (Å²) in [7, 11) is 1.71. The van der Waals surface area contributed by atoms with Crippen molar-refractivity contribution >= 4 is 6.08 Å². The molecule has 16 heavy (non-hydrogen) atoms. The molecule has 0 saturated carbocycles. The van der Waals surface area contributed by atoms with Crippen LogP contribution < -0.4 is 5.32 Å². The quantitative estimate of drug-likeness (QED) is 0.721. The number of hydrogen-bond donors (Lipinski definition) is 1. The average Bonchev–Trinajstić information content (AvgIpc) is 2.68. The molecular weight excluding hydrogens is 202 g/mol. The van der Waals surface area contributed by atoms with Crippen LogP contribution in [-0.4, -0.2) is 26.8 Å². The summed E-state index contributed by atoms with van der Waals surface area (Å²) >= 11 is 0. The van der Waals surface area contributed by atoms with E-state index in [0.717, 1.165) is 37.6 Å². The SMILES string of the molecule is CCC(=Cc1ccc(C)o1)CNCCOC. The number of hydrogen-bond acceptors (Lipinski definition) is 3. The van der Waals surface area contributed by atoms with Crippen molar-refractivity contribution in [3.63, 3.8) is 0 Å². The molecule has 1 aromatic heterocycles. The van der Waals surface area contributed by atoms with Gasteiger partial charge in [0.05, 0.1) is 6.61 Å². The summed E-state index contributed by atoms with van der Waals surface area (Å²) < 4.78 is 10.5. The molecule has 1 heterocycles. The third kappa shape index (κ3) is 4.64. The van der Waals surface area contributed by atoms with Crippen molar-refractivity contribution in [3.8, 4) is 0 Å². The lowest BCUT2D eigenvalue weighted by molar-refractivity contribution is 0.200. The zero-order valence-corrected chi connectivity index (χ0v) is 10.4. The van der Waals surface area contributed by atoms with E-state index in [2.05, 4.69) is 18.3 Å². The minimum atomic E-state index is 0.747. The third-order valence-corrected chi connectivity index (χ3v) is 2.40. The molecule has 0 aliphatic carbocycles. The van der Waals surface area contributed by atoms with Crippen LogP contribution in [0.3, 0.4) is 0 Å². The van der Waals surface area contributed by atoms with E-state index in [1.165, 1.54) is 5.57 Å². The summed E-state index contributed by atoms with van der Waals surface area (Å²) in [6, 6.07) is 3.98. The Hall–Kier alpha value is -1.06. The van der Waals surface area contributed by atoms with Crippen LogP contribution in [0, 0.1) is 6.92 Å². The molecule has 0 aliphatic heterocycles. The fraction of sp³-hybridized carbons (Fsp3) is 0.538. The van der Waals surface area contributed by atoms with Gasteiger partial charge in [0.25, 0.3) is 0 Å². The van der Waals surface area contributed by atoms with E-state index >= 15 is 0 Å². The molecule has 0 spiro atoms. The summed E-state index contributed by atoms with van der Waals surface area (Å²) in [5.74, 6) is 1.89. The number of methoxy groups -OCH3 is 1. The van der Waals surface area contributed by atoms with E-state index in [0.29, 0.717) is 0 Å². The number of furan rings is 1. The molecule has 0 atom stereocenters. The van der Waals surface area contributed by atoms with Gasteiger partial charge in [-0.3, -0.25) is 0 Å². The zero-order chi connectivity index (χ0) is 11.8. The van der Waals surface area contributed by atoms with Gasteiger partial charge in [0.2, 0.25) is 0 Å². The molecule has 90 valence electrons. The van der Waals surface area contributed by atoms with Crippen molar-refractivity contribution in [2.75, 3.05) is 26.8 Å². The van der Waals surface area contributed by atoms with Gasteiger partial charge in [0, 0.05) is 20.2 Å². The van der Waals surface area contributed by atoms with Crippen molar-refractivity contribution in [3.05, 3.63) is 29.2 Å². The summed E-state index contributed by atoms with van der Waals surface area (Å²) in [5.41, 5.74) is 1.34. The van der Waals surface area contributed by atoms with Gasteiger partial charge in [-0.05, 0) is 31.6 Å². The van der Waals surface area contributed by atoms with E-state index in [-0.39, 0.29) is 0 Å². The topological polar surface area (TPSA) is 34.4 Å². The fourth-order valence-corrected chi connectivity index (χ4v) is 1.43. The van der Waals surface area contributed by atoms with Gasteiger partial charge in [0.15, 0.2) is 0 Å². The van der Waals surface area contributed by atoms with Crippen molar-refractivity contribution in [2.24, 2.45) is 0 Å². The first-order valence-corrected chi connectivity index (χ1v) is 5.71. The maximum Gasteiger partial charge on any atom is 0.127 e. The van der Waals surface area contributed by atoms with Gasteiger partial charge >= 0.3 is 0 Å². The first-order valence-electron chi connectivity index (χ1n) is 5.71. The maximum absolute atomic E-state index is 5.51. The number of rotatable bonds is 7. The van der Waals surface area contributed by atoms with E-state index in [1.54, 1.807) is 7.11 Å². The second-order valence-electron chi connectivity index (χ2n) is 3.77. The molecule has 1 rings (SSSR count). The fourth-order valence-electron chi connectivity index (χ4n) is 1.43. The number of ether oxygens (including phenoxy) is 1. The van der Waals surface area contributed by atoms with Crippen molar-refractivity contribution < 1.29 is 9.15 Å². The minimum absolute atomic E-state index is 0.747. The van der Waals surface area contributed by atoms with E-state index in [9.17, 15) is 0 Å². The standard InChI is InChI=1S/C13H21NO2/c1-4-12(10-14-7-8-15-3)9-13-6-5-11(2)16-13/h5-6,9,14H,4,7-8,10H2,1-3H3. The van der Waals surface area contributed by atoms with Gasteiger partial charge in [-0.15, -0.1) is 0 Å². The van der Waals surface area contributed by atoms with Crippen molar-refractivity contribution in [2.45, 2.75) is 20.3 Å². The van der Waals surface area contributed by atoms with Crippen LogP contribution in [0.4, 0.5) is 0 Å². The number of aryl methyl sites for hydroxylation is 1. The highest BCUT2D eigenvalue weighted by molar-refractivity contribution is 5.48. The lowest BCUT2D eigenvalue weighted by Crippen LogP contribution is -2.21. The summed E-state index contributed by atoms with van der Waals surface area (Å²) in [4.78, 5) is 0. The molecule has 0 unspecified atom stereocenters. The largest absolute Gasteiger partial charge is 0.462 e. The Morgan fingerprint density at radius 2 is 2.31 bits per heavy atom. The van der Waals surface area contributed by atoms with Gasteiger partial charge in [-0.25, -0.2) is 0 Å². The Bertz CT molecular complexity index is 328. The predicted molar refractivity (Wildman–Crippen MR) is 66.5 cm³/mol. The molecule has 0 amide bonds. The van der Waals surface area contributed by atoms with E-state index in [4.69, 9.17) is 9.15 Å². The Morgan fingerprint density at radius 3 is 2.88 bits per heavy atom. The van der Waals surface area contributed by atoms with Crippen LogP contribution in [0.25, 0.3) is 6.08 Å². The third-order valence-electron chi connectivity index (χ3n) is 2.40. The highest BCUT2D eigenvalue weighted by Crippen LogP contribution is 2.12. The molecule has 0 saturated heterocycles. The molecule has 1 aromatic rings. The van der Waals surface area contributed by atoms with Gasteiger partial charge in [-0.1, -0.05) is 12.5 Å². The first kappa shape index (κ1) is 13.0. The summed E-state index contributed by atoms with van der Waals surface area (Å²) in [6.07, 6.45) is 3.13. The summed E-state index contributed by atoms with van der Waals surface area (Å²) in [5, 5.41) is 3.33. The Kier molecular flexibility index (Phi) is 5.90. The van der Waals surface area contributed by atoms with Crippen LogP contribution in [0.2, 0.25) is 0 Å². The highest BCUT2D eigenvalue weighted by Gasteiger charge is 1.98. The lowest BCUT2D eigenvalue weighted by Gasteiger charge is -2.06. The van der Waals surface area contributed by atoms with Crippen LogP contribution in [0.5, 0.6) is 0 Å². The van der Waals surface area contributed by atoms with Gasteiger partial charge in [-0.2, -0.15) is 0 Å². The second kappa shape index (κ2) is 7.25. The number of nitrogens with one attached hydrogen (secondary N) is 1. The van der Waals surface area contributed by atoms with Gasteiger partial charge in [0.1, 0.15) is 11.5 Å². The Balaban J connectivity index is 2.43. The van der Waals surface area contributed by atoms with Crippen LogP contribution >= 0.6 is 0 Å². The van der Waals surface area contributed by atoms with E-state index in [1.807, 2.05) is 19.1 Å².